The lowest BCUT2D eigenvalue weighted by atomic mass is 9.81. The number of Topliss-reactive ketones (excluding diaryl/α,β-unsaturated/α-hetero) is 1. The molecule has 6 heteroatoms. The first-order valence-corrected chi connectivity index (χ1v) is 10.2. The van der Waals surface area contributed by atoms with Crippen molar-refractivity contribution < 1.29 is 23.8 Å². The van der Waals surface area contributed by atoms with Crippen LogP contribution in [-0.4, -0.2) is 49.5 Å². The number of carbonyl (C=O) groups excluding carboxylic acids is 2. The minimum Gasteiger partial charge on any atom is -0.497 e. The molecular weight excluding hydrogens is 382 g/mol. The van der Waals surface area contributed by atoms with Crippen molar-refractivity contribution in [2.45, 2.75) is 38.7 Å². The van der Waals surface area contributed by atoms with Crippen molar-refractivity contribution in [1.29, 1.82) is 0 Å². The van der Waals surface area contributed by atoms with Gasteiger partial charge in [-0.1, -0.05) is 6.07 Å². The molecule has 6 nitrogen and oxygen atoms in total. The standard InChI is InChI=1S/C24H27NO5/c1-15-5-6-20-21(26)14-24(30-22(20)16(15)2)7-9-25(10-8-24)23(27)17-11-18(28-3)13-19(12-17)29-4/h5-6,11-13H,7-10,14H2,1-4H3. The largest absolute Gasteiger partial charge is 0.497 e. The molecule has 0 bridgehead atoms. The Morgan fingerprint density at radius 2 is 1.67 bits per heavy atom. The van der Waals surface area contributed by atoms with E-state index in [0.717, 1.165) is 11.1 Å². The lowest BCUT2D eigenvalue weighted by molar-refractivity contribution is -0.00622. The highest BCUT2D eigenvalue weighted by Gasteiger charge is 2.44. The fraction of sp³-hybridized carbons (Fsp3) is 0.417. The molecule has 1 saturated heterocycles. The third-order valence-corrected chi connectivity index (χ3v) is 6.34. The molecule has 2 aromatic carbocycles. The number of hydrogen-bond acceptors (Lipinski definition) is 5. The van der Waals surface area contributed by atoms with Gasteiger partial charge in [0.25, 0.3) is 5.91 Å². The van der Waals surface area contributed by atoms with E-state index >= 15 is 0 Å². The number of fused-ring (bicyclic) bond motifs is 1. The van der Waals surface area contributed by atoms with Crippen LogP contribution in [0.5, 0.6) is 17.2 Å². The van der Waals surface area contributed by atoms with Crippen LogP contribution < -0.4 is 14.2 Å². The summed E-state index contributed by atoms with van der Waals surface area (Å²) in [6.45, 7) is 5.08. The number of ketones is 1. The Hall–Kier alpha value is -3.02. The van der Waals surface area contributed by atoms with Crippen molar-refractivity contribution in [3.05, 3.63) is 52.6 Å². The smallest absolute Gasteiger partial charge is 0.254 e. The monoisotopic (exact) mass is 409 g/mol. The van der Waals surface area contributed by atoms with Crippen LogP contribution in [0.25, 0.3) is 0 Å². The maximum absolute atomic E-state index is 13.1. The van der Waals surface area contributed by atoms with Crippen LogP contribution in [0.2, 0.25) is 0 Å². The molecule has 0 radical (unpaired) electrons. The van der Waals surface area contributed by atoms with Gasteiger partial charge in [-0.25, -0.2) is 0 Å². The van der Waals surface area contributed by atoms with E-state index in [1.165, 1.54) is 0 Å². The third kappa shape index (κ3) is 3.51. The Morgan fingerprint density at radius 1 is 1.03 bits per heavy atom. The highest BCUT2D eigenvalue weighted by atomic mass is 16.5. The van der Waals surface area contributed by atoms with E-state index in [0.29, 0.717) is 60.7 Å². The molecule has 0 aliphatic carbocycles. The van der Waals surface area contributed by atoms with Gasteiger partial charge in [0.1, 0.15) is 22.8 Å². The minimum atomic E-state index is -0.536. The van der Waals surface area contributed by atoms with Gasteiger partial charge in [-0.05, 0) is 43.2 Å². The highest BCUT2D eigenvalue weighted by molar-refractivity contribution is 6.01. The van der Waals surface area contributed by atoms with E-state index in [1.54, 1.807) is 32.4 Å². The molecule has 2 aliphatic rings. The summed E-state index contributed by atoms with van der Waals surface area (Å²) < 4.78 is 17.0. The number of nitrogens with zero attached hydrogens (tertiary/aromatic N) is 1. The second-order valence-corrected chi connectivity index (χ2v) is 8.16. The number of benzene rings is 2. The van der Waals surface area contributed by atoms with Crippen molar-refractivity contribution in [3.63, 3.8) is 0 Å². The topological polar surface area (TPSA) is 65.1 Å². The van der Waals surface area contributed by atoms with Gasteiger partial charge in [0.2, 0.25) is 0 Å². The third-order valence-electron chi connectivity index (χ3n) is 6.34. The van der Waals surface area contributed by atoms with E-state index in [1.807, 2.05) is 30.9 Å². The lowest BCUT2D eigenvalue weighted by Gasteiger charge is -2.44. The quantitative estimate of drug-likeness (QED) is 0.768. The molecule has 158 valence electrons. The van der Waals surface area contributed by atoms with Crippen molar-refractivity contribution in [2.75, 3.05) is 27.3 Å². The Labute approximate surface area is 176 Å². The normalized spacial score (nSPS) is 17.3. The fourth-order valence-corrected chi connectivity index (χ4v) is 4.29. The molecule has 2 heterocycles. The molecule has 1 fully saturated rings. The number of ether oxygens (including phenoxy) is 3. The number of carbonyl (C=O) groups is 2. The van der Waals surface area contributed by atoms with E-state index in [-0.39, 0.29) is 11.7 Å². The van der Waals surface area contributed by atoms with Gasteiger partial charge in [-0.3, -0.25) is 9.59 Å². The van der Waals surface area contributed by atoms with Crippen molar-refractivity contribution in [1.82, 2.24) is 4.90 Å². The van der Waals surface area contributed by atoms with Gasteiger partial charge >= 0.3 is 0 Å². The highest BCUT2D eigenvalue weighted by Crippen LogP contribution is 2.42. The molecule has 2 aromatic rings. The average Bonchev–Trinajstić information content (AvgIpc) is 2.76. The summed E-state index contributed by atoms with van der Waals surface area (Å²) in [6.07, 6.45) is 1.61. The van der Waals surface area contributed by atoms with Gasteiger partial charge in [-0.2, -0.15) is 0 Å². The van der Waals surface area contributed by atoms with Gasteiger partial charge in [0.05, 0.1) is 26.2 Å². The molecule has 1 spiro atoms. The molecule has 0 aromatic heterocycles. The summed E-state index contributed by atoms with van der Waals surface area (Å²) in [5.74, 6) is 1.92. The molecule has 1 amide bonds. The van der Waals surface area contributed by atoms with E-state index < -0.39 is 5.60 Å². The maximum Gasteiger partial charge on any atom is 0.254 e. The van der Waals surface area contributed by atoms with Crippen LogP contribution in [0, 0.1) is 13.8 Å². The van der Waals surface area contributed by atoms with Crippen molar-refractivity contribution in [3.8, 4) is 17.2 Å². The Balaban J connectivity index is 1.52. The summed E-state index contributed by atoms with van der Waals surface area (Å²) in [4.78, 5) is 27.7. The van der Waals surface area contributed by atoms with Crippen molar-refractivity contribution >= 4 is 11.7 Å². The molecule has 0 N–H and O–H groups in total. The Morgan fingerprint density at radius 3 is 2.27 bits per heavy atom. The summed E-state index contributed by atoms with van der Waals surface area (Å²) >= 11 is 0. The van der Waals surface area contributed by atoms with Crippen LogP contribution >= 0.6 is 0 Å². The maximum atomic E-state index is 13.1. The number of aryl methyl sites for hydroxylation is 1. The zero-order valence-corrected chi connectivity index (χ0v) is 17.9. The molecule has 0 atom stereocenters. The zero-order valence-electron chi connectivity index (χ0n) is 17.9. The first-order chi connectivity index (χ1) is 14.4. The number of hydrogen-bond donors (Lipinski definition) is 0. The van der Waals surface area contributed by atoms with E-state index in [2.05, 4.69) is 0 Å². The number of likely N-dealkylation sites (tertiary alicyclic amines) is 1. The van der Waals surface area contributed by atoms with Gasteiger partial charge in [0.15, 0.2) is 5.78 Å². The van der Waals surface area contributed by atoms with Crippen LogP contribution in [-0.2, 0) is 0 Å². The zero-order chi connectivity index (χ0) is 21.5. The van der Waals surface area contributed by atoms with E-state index in [4.69, 9.17) is 14.2 Å². The first-order valence-electron chi connectivity index (χ1n) is 10.2. The summed E-state index contributed by atoms with van der Waals surface area (Å²) in [5, 5.41) is 0. The summed E-state index contributed by atoms with van der Waals surface area (Å²) in [5.41, 5.74) is 2.79. The molecule has 30 heavy (non-hydrogen) atoms. The molecular formula is C24H27NO5. The van der Waals surface area contributed by atoms with Gasteiger partial charge in [-0.15, -0.1) is 0 Å². The molecule has 0 saturated carbocycles. The second kappa shape index (κ2) is 7.67. The van der Waals surface area contributed by atoms with Gasteiger partial charge in [0, 0.05) is 37.6 Å². The lowest BCUT2D eigenvalue weighted by Crippen LogP contribution is -2.52. The summed E-state index contributed by atoms with van der Waals surface area (Å²) in [6, 6.07) is 9.01. The minimum absolute atomic E-state index is 0.0726. The number of rotatable bonds is 3. The average molecular weight is 409 g/mol. The Bertz CT molecular complexity index is 983. The second-order valence-electron chi connectivity index (χ2n) is 8.16. The number of methoxy groups -OCH3 is 2. The van der Waals surface area contributed by atoms with Crippen molar-refractivity contribution in [2.24, 2.45) is 0 Å². The van der Waals surface area contributed by atoms with Crippen LogP contribution in [0.15, 0.2) is 30.3 Å². The predicted molar refractivity (Wildman–Crippen MR) is 113 cm³/mol. The van der Waals surface area contributed by atoms with Crippen LogP contribution in [0.1, 0.15) is 51.1 Å². The molecule has 2 aliphatic heterocycles. The van der Waals surface area contributed by atoms with Gasteiger partial charge < -0.3 is 19.1 Å². The van der Waals surface area contributed by atoms with Crippen LogP contribution in [0.4, 0.5) is 0 Å². The number of amides is 1. The Kier molecular flexibility index (Phi) is 5.18. The van der Waals surface area contributed by atoms with Crippen LogP contribution in [0.3, 0.4) is 0 Å². The number of piperidine rings is 1. The molecule has 4 rings (SSSR count). The SMILES string of the molecule is COc1cc(OC)cc(C(=O)N2CCC3(CC2)CC(=O)c2ccc(C)c(C)c2O3)c1. The molecule has 0 unspecified atom stereocenters. The fourth-order valence-electron chi connectivity index (χ4n) is 4.29. The summed E-state index contributed by atoms with van der Waals surface area (Å²) in [7, 11) is 3.12. The predicted octanol–water partition coefficient (Wildman–Crippen LogP) is 3.96. The van der Waals surface area contributed by atoms with E-state index in [9.17, 15) is 9.59 Å². The first kappa shape index (κ1) is 20.3.